The highest BCUT2D eigenvalue weighted by molar-refractivity contribution is 5.95. The van der Waals surface area contributed by atoms with Crippen molar-refractivity contribution in [2.24, 2.45) is 5.92 Å². The SMILES string of the molecule is CC(C)C(=O)c1cnc(C(Cc2ccccc2)C[C@H](O)[C@H](Cc2ccccc2)NC(=O)OC(C)(C)C)[nH]1. The van der Waals surface area contributed by atoms with Gasteiger partial charge in [-0.2, -0.15) is 0 Å². The molecule has 1 unspecified atom stereocenters. The van der Waals surface area contributed by atoms with Crippen LogP contribution in [0.25, 0.3) is 0 Å². The molecular weight excluding hydrogens is 466 g/mol. The van der Waals surface area contributed by atoms with E-state index in [0.717, 1.165) is 11.1 Å². The number of aromatic amines is 1. The lowest BCUT2D eigenvalue weighted by atomic mass is 9.89. The van der Waals surface area contributed by atoms with Crippen molar-refractivity contribution in [1.82, 2.24) is 15.3 Å². The van der Waals surface area contributed by atoms with Crippen molar-refractivity contribution in [2.75, 3.05) is 0 Å². The zero-order valence-corrected chi connectivity index (χ0v) is 22.4. The van der Waals surface area contributed by atoms with Crippen molar-refractivity contribution in [3.05, 3.63) is 89.5 Å². The smallest absolute Gasteiger partial charge is 0.407 e. The molecule has 1 aromatic heterocycles. The van der Waals surface area contributed by atoms with Gasteiger partial charge in [-0.25, -0.2) is 9.78 Å². The van der Waals surface area contributed by atoms with Gasteiger partial charge < -0.3 is 20.1 Å². The summed E-state index contributed by atoms with van der Waals surface area (Å²) < 4.78 is 5.48. The van der Waals surface area contributed by atoms with E-state index in [4.69, 9.17) is 4.74 Å². The Labute approximate surface area is 219 Å². The van der Waals surface area contributed by atoms with E-state index < -0.39 is 23.8 Å². The van der Waals surface area contributed by atoms with Gasteiger partial charge in [-0.3, -0.25) is 4.79 Å². The summed E-state index contributed by atoms with van der Waals surface area (Å²) in [4.78, 5) is 32.9. The summed E-state index contributed by atoms with van der Waals surface area (Å²) in [5, 5.41) is 14.3. The normalized spacial score (nSPS) is 14.1. The quantitative estimate of drug-likeness (QED) is 0.300. The van der Waals surface area contributed by atoms with E-state index in [9.17, 15) is 14.7 Å². The van der Waals surface area contributed by atoms with Crippen LogP contribution in [0.4, 0.5) is 4.79 Å². The number of hydrogen-bond donors (Lipinski definition) is 3. The Morgan fingerprint density at radius 2 is 1.54 bits per heavy atom. The Hall–Kier alpha value is -3.45. The molecule has 3 N–H and O–H groups in total. The van der Waals surface area contributed by atoms with Gasteiger partial charge in [-0.05, 0) is 51.2 Å². The largest absolute Gasteiger partial charge is 0.444 e. The van der Waals surface area contributed by atoms with Crippen LogP contribution in [-0.4, -0.2) is 44.7 Å². The van der Waals surface area contributed by atoms with Gasteiger partial charge in [0.2, 0.25) is 0 Å². The average molecular weight is 506 g/mol. The standard InChI is InChI=1S/C30H39N3O4/c1-20(2)27(35)25-19-31-28(32-25)23(16-21-12-8-6-9-13-21)18-26(34)24(17-22-14-10-7-11-15-22)33-29(36)37-30(3,4)5/h6-15,19-20,23-24,26,34H,16-18H2,1-5H3,(H,31,32)(H,33,36)/t23?,24-,26-/m0/s1. The van der Waals surface area contributed by atoms with Crippen LogP contribution in [0.5, 0.6) is 0 Å². The number of benzene rings is 2. The minimum Gasteiger partial charge on any atom is -0.444 e. The lowest BCUT2D eigenvalue weighted by Crippen LogP contribution is -2.47. The average Bonchev–Trinajstić information content (AvgIpc) is 3.33. The number of imidazole rings is 1. The number of H-pyrrole nitrogens is 1. The Balaban J connectivity index is 1.86. The number of aromatic nitrogens is 2. The minimum absolute atomic E-state index is 0.00805. The van der Waals surface area contributed by atoms with Crippen molar-refractivity contribution >= 4 is 11.9 Å². The molecular formula is C30H39N3O4. The molecule has 1 amide bonds. The van der Waals surface area contributed by atoms with E-state index >= 15 is 0 Å². The van der Waals surface area contributed by atoms with Gasteiger partial charge in [0.05, 0.1) is 18.3 Å². The maximum absolute atomic E-state index is 12.7. The lowest BCUT2D eigenvalue weighted by molar-refractivity contribution is 0.0404. The first-order chi connectivity index (χ1) is 17.5. The number of aliphatic hydroxyl groups excluding tert-OH is 1. The van der Waals surface area contributed by atoms with Crippen molar-refractivity contribution < 1.29 is 19.4 Å². The molecule has 0 radical (unpaired) electrons. The lowest BCUT2D eigenvalue weighted by Gasteiger charge is -2.29. The third-order valence-corrected chi connectivity index (χ3v) is 6.09. The van der Waals surface area contributed by atoms with Gasteiger partial charge >= 0.3 is 6.09 Å². The molecule has 3 rings (SSSR count). The van der Waals surface area contributed by atoms with Crippen molar-refractivity contribution in [3.8, 4) is 0 Å². The predicted octanol–water partition coefficient (Wildman–Crippen LogP) is 5.46. The van der Waals surface area contributed by atoms with Crippen molar-refractivity contribution in [3.63, 3.8) is 0 Å². The number of amides is 1. The van der Waals surface area contributed by atoms with Crippen LogP contribution < -0.4 is 5.32 Å². The summed E-state index contributed by atoms with van der Waals surface area (Å²) in [5.74, 6) is 0.276. The molecule has 37 heavy (non-hydrogen) atoms. The molecule has 1 heterocycles. The highest BCUT2D eigenvalue weighted by atomic mass is 16.6. The van der Waals surface area contributed by atoms with Gasteiger partial charge in [0.1, 0.15) is 17.1 Å². The molecule has 0 aliphatic rings. The summed E-state index contributed by atoms with van der Waals surface area (Å²) in [6.07, 6.45) is 1.48. The Bertz CT molecular complexity index is 1140. The number of ether oxygens (including phenoxy) is 1. The Morgan fingerprint density at radius 1 is 0.973 bits per heavy atom. The van der Waals surface area contributed by atoms with Crippen LogP contribution in [0.2, 0.25) is 0 Å². The van der Waals surface area contributed by atoms with Crippen LogP contribution in [0.15, 0.2) is 66.9 Å². The van der Waals surface area contributed by atoms with Crippen molar-refractivity contribution in [1.29, 1.82) is 0 Å². The topological polar surface area (TPSA) is 104 Å². The molecule has 2 aromatic carbocycles. The first kappa shape index (κ1) is 28.1. The second-order valence-corrected chi connectivity index (χ2v) is 10.8. The number of alkyl carbamates (subject to hydrolysis) is 1. The van der Waals surface area contributed by atoms with Crippen LogP contribution in [0, 0.1) is 5.92 Å². The molecule has 0 bridgehead atoms. The van der Waals surface area contributed by atoms with Gasteiger partial charge in [0.15, 0.2) is 5.78 Å². The number of nitrogens with one attached hydrogen (secondary N) is 2. The fourth-order valence-corrected chi connectivity index (χ4v) is 4.24. The molecule has 0 aliphatic heterocycles. The molecule has 0 aliphatic carbocycles. The van der Waals surface area contributed by atoms with Gasteiger partial charge in [-0.1, -0.05) is 74.5 Å². The second kappa shape index (κ2) is 12.7. The number of nitrogens with zero attached hydrogens (tertiary/aromatic N) is 1. The summed E-state index contributed by atoms with van der Waals surface area (Å²) in [5.41, 5.74) is 1.89. The fourth-order valence-electron chi connectivity index (χ4n) is 4.24. The molecule has 3 atom stereocenters. The summed E-state index contributed by atoms with van der Waals surface area (Å²) in [7, 11) is 0. The summed E-state index contributed by atoms with van der Waals surface area (Å²) >= 11 is 0. The zero-order valence-electron chi connectivity index (χ0n) is 22.4. The number of Topliss-reactive ketones (excluding diaryl/α,β-unsaturated/α-hetero) is 1. The second-order valence-electron chi connectivity index (χ2n) is 10.8. The summed E-state index contributed by atoms with van der Waals surface area (Å²) in [6.45, 7) is 9.11. The van der Waals surface area contributed by atoms with E-state index in [0.29, 0.717) is 30.8 Å². The fraction of sp³-hybridized carbons (Fsp3) is 0.433. The molecule has 0 saturated heterocycles. The van der Waals surface area contributed by atoms with Gasteiger partial charge in [0, 0.05) is 11.8 Å². The molecule has 0 saturated carbocycles. The highest BCUT2D eigenvalue weighted by Crippen LogP contribution is 2.26. The van der Waals surface area contributed by atoms with E-state index in [2.05, 4.69) is 15.3 Å². The van der Waals surface area contributed by atoms with Crippen molar-refractivity contribution in [2.45, 2.75) is 77.5 Å². The minimum atomic E-state index is -0.893. The maximum Gasteiger partial charge on any atom is 0.407 e. The molecule has 0 fully saturated rings. The van der Waals surface area contributed by atoms with Crippen LogP contribution in [0.3, 0.4) is 0 Å². The Morgan fingerprint density at radius 3 is 2.08 bits per heavy atom. The summed E-state index contributed by atoms with van der Waals surface area (Å²) in [6, 6.07) is 19.1. The number of hydrogen-bond acceptors (Lipinski definition) is 5. The third kappa shape index (κ3) is 8.86. The maximum atomic E-state index is 12.7. The first-order valence-electron chi connectivity index (χ1n) is 12.9. The van der Waals surface area contributed by atoms with E-state index in [-0.39, 0.29) is 17.6 Å². The molecule has 7 heteroatoms. The number of carbonyl (C=O) groups excluding carboxylic acids is 2. The van der Waals surface area contributed by atoms with E-state index in [1.54, 1.807) is 27.0 Å². The predicted molar refractivity (Wildman–Crippen MR) is 145 cm³/mol. The Kier molecular flexibility index (Phi) is 9.64. The molecule has 7 nitrogen and oxygen atoms in total. The monoisotopic (exact) mass is 505 g/mol. The zero-order chi connectivity index (χ0) is 27.0. The van der Waals surface area contributed by atoms with Crippen LogP contribution in [0.1, 0.15) is 74.4 Å². The first-order valence-corrected chi connectivity index (χ1v) is 12.9. The van der Waals surface area contributed by atoms with Gasteiger partial charge in [-0.15, -0.1) is 0 Å². The number of carbonyl (C=O) groups is 2. The molecule has 0 spiro atoms. The molecule has 198 valence electrons. The highest BCUT2D eigenvalue weighted by Gasteiger charge is 2.29. The molecule has 3 aromatic rings. The number of aliphatic hydroxyl groups is 1. The number of ketones is 1. The van der Waals surface area contributed by atoms with Crippen LogP contribution >= 0.6 is 0 Å². The number of rotatable bonds is 11. The van der Waals surface area contributed by atoms with E-state index in [1.165, 1.54) is 0 Å². The third-order valence-electron chi connectivity index (χ3n) is 6.09. The van der Waals surface area contributed by atoms with Crippen LogP contribution in [-0.2, 0) is 17.6 Å². The van der Waals surface area contributed by atoms with Gasteiger partial charge in [0.25, 0.3) is 0 Å². The van der Waals surface area contributed by atoms with E-state index in [1.807, 2.05) is 74.5 Å².